The van der Waals surface area contributed by atoms with E-state index >= 15 is 0 Å². The smallest absolute Gasteiger partial charge is 0.142 e. The Bertz CT molecular complexity index is 494. The van der Waals surface area contributed by atoms with E-state index in [9.17, 15) is 8.78 Å². The van der Waals surface area contributed by atoms with Gasteiger partial charge >= 0.3 is 0 Å². The van der Waals surface area contributed by atoms with Gasteiger partial charge in [-0.3, -0.25) is 0 Å². The molecule has 0 aromatic heterocycles. The maximum atomic E-state index is 13.7. The minimum absolute atomic E-state index is 0.255. The van der Waals surface area contributed by atoms with Crippen LogP contribution >= 0.6 is 0 Å². The highest BCUT2D eigenvalue weighted by Gasteiger charge is 2.23. The highest BCUT2D eigenvalue weighted by Crippen LogP contribution is 2.38. The van der Waals surface area contributed by atoms with Gasteiger partial charge in [0.1, 0.15) is 11.6 Å². The van der Waals surface area contributed by atoms with E-state index in [4.69, 9.17) is 6.42 Å². The number of terminal acetylenes is 1. The summed E-state index contributed by atoms with van der Waals surface area (Å²) in [6.45, 7) is 3.74. The molecule has 1 aromatic rings. The molecule has 1 aliphatic carbocycles. The summed E-state index contributed by atoms with van der Waals surface area (Å²) in [6.07, 6.45) is 13.5. The fourth-order valence-corrected chi connectivity index (χ4v) is 3.10. The van der Waals surface area contributed by atoms with Gasteiger partial charge in [-0.05, 0) is 68.1 Å². The van der Waals surface area contributed by atoms with E-state index in [1.54, 1.807) is 0 Å². The molecule has 2 rings (SSSR count). The average Bonchev–Trinajstić information content (AvgIpc) is 2.45. The van der Waals surface area contributed by atoms with E-state index in [1.807, 2.05) is 6.08 Å². The van der Waals surface area contributed by atoms with E-state index in [1.165, 1.54) is 18.6 Å². The molecule has 1 saturated carbocycles. The summed E-state index contributed by atoms with van der Waals surface area (Å²) in [7, 11) is 0. The molecule has 106 valence electrons. The van der Waals surface area contributed by atoms with Crippen LogP contribution in [0.1, 0.15) is 55.6 Å². The van der Waals surface area contributed by atoms with Gasteiger partial charge in [0.2, 0.25) is 0 Å². The Morgan fingerprint density at radius 1 is 1.20 bits per heavy atom. The first-order valence-corrected chi connectivity index (χ1v) is 7.22. The number of hydrogen-bond donors (Lipinski definition) is 0. The van der Waals surface area contributed by atoms with Gasteiger partial charge in [0.15, 0.2) is 0 Å². The lowest BCUT2D eigenvalue weighted by molar-refractivity contribution is 0.311. The lowest BCUT2D eigenvalue weighted by Crippen LogP contribution is -2.14. The number of hydrogen-bond acceptors (Lipinski definition) is 0. The van der Waals surface area contributed by atoms with Crippen LogP contribution in [0.5, 0.6) is 0 Å². The molecule has 0 aliphatic heterocycles. The fraction of sp³-hybridized carbons (Fsp3) is 0.444. The molecule has 0 nitrogen and oxygen atoms in total. The third-order valence-corrected chi connectivity index (χ3v) is 4.31. The number of halogens is 2. The number of benzene rings is 1. The van der Waals surface area contributed by atoms with Crippen molar-refractivity contribution in [3.05, 3.63) is 47.5 Å². The van der Waals surface area contributed by atoms with Crippen LogP contribution < -0.4 is 0 Å². The quantitative estimate of drug-likeness (QED) is 0.524. The van der Waals surface area contributed by atoms with Crippen LogP contribution in [0, 0.1) is 29.9 Å². The molecule has 0 spiro atoms. The van der Waals surface area contributed by atoms with Crippen LogP contribution in [0.3, 0.4) is 0 Å². The summed E-state index contributed by atoms with van der Waals surface area (Å²) in [6, 6.07) is 2.82. The van der Waals surface area contributed by atoms with Crippen molar-refractivity contribution in [2.24, 2.45) is 5.92 Å². The van der Waals surface area contributed by atoms with Crippen molar-refractivity contribution in [2.75, 3.05) is 0 Å². The van der Waals surface area contributed by atoms with Crippen LogP contribution in [-0.2, 0) is 0 Å². The van der Waals surface area contributed by atoms with Crippen LogP contribution in [0.25, 0.3) is 0 Å². The van der Waals surface area contributed by atoms with E-state index in [2.05, 4.69) is 12.5 Å². The summed E-state index contributed by atoms with van der Waals surface area (Å²) < 4.78 is 27.4. The van der Waals surface area contributed by atoms with E-state index in [0.717, 1.165) is 43.6 Å². The normalized spacial score (nSPS) is 22.2. The summed E-state index contributed by atoms with van der Waals surface area (Å²) >= 11 is 0. The molecule has 0 unspecified atom stereocenters. The first kappa shape index (κ1) is 14.8. The van der Waals surface area contributed by atoms with Crippen LogP contribution in [-0.4, -0.2) is 0 Å². The van der Waals surface area contributed by atoms with Gasteiger partial charge in [-0.1, -0.05) is 12.0 Å². The Hall–Kier alpha value is -1.62. The van der Waals surface area contributed by atoms with Crippen molar-refractivity contribution in [3.63, 3.8) is 0 Å². The van der Waals surface area contributed by atoms with Gasteiger partial charge in [-0.15, -0.1) is 13.0 Å². The van der Waals surface area contributed by atoms with E-state index in [-0.39, 0.29) is 11.5 Å². The zero-order valence-electron chi connectivity index (χ0n) is 11.7. The number of rotatable bonds is 4. The average molecular weight is 274 g/mol. The molecule has 1 aromatic carbocycles. The lowest BCUT2D eigenvalue weighted by Gasteiger charge is -2.28. The number of allylic oxidation sites excluding steroid dienone is 1. The third-order valence-electron chi connectivity index (χ3n) is 4.31. The largest absolute Gasteiger partial charge is 0.206 e. The fourth-order valence-electron chi connectivity index (χ4n) is 3.10. The maximum Gasteiger partial charge on any atom is 0.142 e. The molecule has 0 radical (unpaired) electrons. The maximum absolute atomic E-state index is 13.7. The first-order chi connectivity index (χ1) is 9.65. The van der Waals surface area contributed by atoms with E-state index in [0.29, 0.717) is 0 Å². The van der Waals surface area contributed by atoms with Crippen molar-refractivity contribution in [1.82, 2.24) is 0 Å². The molecule has 0 amide bonds. The molecular formula is C18H20F2. The summed E-state index contributed by atoms with van der Waals surface area (Å²) in [5, 5.41) is 0. The highest BCUT2D eigenvalue weighted by molar-refractivity contribution is 5.38. The predicted octanol–water partition coefficient (Wildman–Crippen LogP) is 5.19. The molecule has 1 fully saturated rings. The zero-order chi connectivity index (χ0) is 14.5. The van der Waals surface area contributed by atoms with Crippen molar-refractivity contribution >= 4 is 0 Å². The van der Waals surface area contributed by atoms with Gasteiger partial charge < -0.3 is 0 Å². The van der Waals surface area contributed by atoms with E-state index < -0.39 is 11.6 Å². The topological polar surface area (TPSA) is 0 Å². The van der Waals surface area contributed by atoms with Crippen LogP contribution in [0.2, 0.25) is 0 Å². The van der Waals surface area contributed by atoms with Crippen LogP contribution in [0.4, 0.5) is 8.78 Å². The second-order valence-corrected chi connectivity index (χ2v) is 5.59. The predicted molar refractivity (Wildman–Crippen MR) is 78.4 cm³/mol. The van der Waals surface area contributed by atoms with Crippen molar-refractivity contribution < 1.29 is 8.78 Å². The summed E-state index contributed by atoms with van der Waals surface area (Å²) in [5.74, 6) is 1.82. The molecule has 0 heterocycles. The minimum atomic E-state index is -0.615. The molecule has 20 heavy (non-hydrogen) atoms. The van der Waals surface area contributed by atoms with Crippen molar-refractivity contribution in [2.45, 2.75) is 44.4 Å². The van der Waals surface area contributed by atoms with Gasteiger partial charge in [0.05, 0.1) is 5.56 Å². The Kier molecular flexibility index (Phi) is 4.95. The van der Waals surface area contributed by atoms with Gasteiger partial charge in [-0.25, -0.2) is 8.78 Å². The molecular weight excluding hydrogens is 254 g/mol. The Balaban J connectivity index is 2.04. The molecule has 1 aliphatic rings. The van der Waals surface area contributed by atoms with Gasteiger partial charge in [-0.2, -0.15) is 0 Å². The second-order valence-electron chi connectivity index (χ2n) is 5.59. The molecule has 0 atom stereocenters. The van der Waals surface area contributed by atoms with Crippen LogP contribution in [0.15, 0.2) is 24.8 Å². The van der Waals surface area contributed by atoms with Crippen molar-refractivity contribution in [3.8, 4) is 12.3 Å². The SMILES string of the molecule is C#Cc1c(F)cc([C@H]2CC[C@H](CCC=C)CC2)cc1F. The molecule has 2 heteroatoms. The molecule has 0 bridgehead atoms. The van der Waals surface area contributed by atoms with Gasteiger partial charge in [0, 0.05) is 0 Å². The molecule has 0 N–H and O–H groups in total. The first-order valence-electron chi connectivity index (χ1n) is 7.22. The Labute approximate surface area is 119 Å². The zero-order valence-corrected chi connectivity index (χ0v) is 11.7. The lowest BCUT2D eigenvalue weighted by atomic mass is 9.77. The second kappa shape index (κ2) is 6.70. The van der Waals surface area contributed by atoms with Crippen molar-refractivity contribution in [1.29, 1.82) is 0 Å². The highest BCUT2D eigenvalue weighted by atomic mass is 19.1. The van der Waals surface area contributed by atoms with Gasteiger partial charge in [0.25, 0.3) is 0 Å². The Morgan fingerprint density at radius 3 is 2.30 bits per heavy atom. The summed E-state index contributed by atoms with van der Waals surface area (Å²) in [5.41, 5.74) is 0.495. The standard InChI is InChI=1S/C18H20F2/c1-3-5-6-13-7-9-14(10-8-13)15-11-17(19)16(4-2)18(20)12-15/h2-3,11-14H,1,5-10H2/t13-,14-. The summed E-state index contributed by atoms with van der Waals surface area (Å²) in [4.78, 5) is 0. The minimum Gasteiger partial charge on any atom is -0.206 e. The Morgan fingerprint density at radius 2 is 1.80 bits per heavy atom. The third kappa shape index (κ3) is 3.28. The monoisotopic (exact) mass is 274 g/mol. The molecule has 0 saturated heterocycles.